The Morgan fingerprint density at radius 3 is 2.85 bits per heavy atom. The van der Waals surface area contributed by atoms with Gasteiger partial charge in [0, 0.05) is 30.8 Å². The second-order valence-corrected chi connectivity index (χ2v) is 10.6. The number of rotatable bonds is 6. The van der Waals surface area contributed by atoms with Crippen LogP contribution in [0.3, 0.4) is 0 Å². The fraction of sp³-hybridized carbons (Fsp3) is 0.882. The Morgan fingerprint density at radius 1 is 1.35 bits per heavy atom. The maximum atomic E-state index is 12.2. The number of hydrogen-bond acceptors (Lipinski definition) is 7. The van der Waals surface area contributed by atoms with Crippen LogP contribution in [0.15, 0.2) is 4.52 Å². The molecule has 0 unspecified atom stereocenters. The SMILES string of the molecule is CC(C)c1noc(N2C[C@@H]3[C@H](CNS(=O)(=O)C4CC4)[C@H]4CC[C@]3(C2)O4)n1. The summed E-state index contributed by atoms with van der Waals surface area (Å²) in [6, 6.07) is 0.557. The van der Waals surface area contributed by atoms with Crippen LogP contribution in [0.2, 0.25) is 0 Å². The summed E-state index contributed by atoms with van der Waals surface area (Å²) in [4.78, 5) is 6.64. The maximum absolute atomic E-state index is 12.2. The van der Waals surface area contributed by atoms with Crippen molar-refractivity contribution >= 4 is 16.0 Å². The van der Waals surface area contributed by atoms with Crippen molar-refractivity contribution in [2.24, 2.45) is 11.8 Å². The predicted octanol–water partition coefficient (Wildman–Crippen LogP) is 1.26. The van der Waals surface area contributed by atoms with Crippen molar-refractivity contribution in [3.63, 3.8) is 0 Å². The minimum absolute atomic E-state index is 0.165. The first kappa shape index (κ1) is 16.9. The predicted molar refractivity (Wildman–Crippen MR) is 94.4 cm³/mol. The Hall–Kier alpha value is -1.19. The second kappa shape index (κ2) is 5.65. The first-order chi connectivity index (χ1) is 12.4. The third-order valence-electron chi connectivity index (χ3n) is 6.49. The van der Waals surface area contributed by atoms with Gasteiger partial charge in [-0.1, -0.05) is 19.0 Å². The van der Waals surface area contributed by atoms with Crippen molar-refractivity contribution < 1.29 is 17.7 Å². The van der Waals surface area contributed by atoms with Crippen molar-refractivity contribution in [2.45, 2.75) is 62.4 Å². The van der Waals surface area contributed by atoms with E-state index in [2.05, 4.69) is 19.8 Å². The second-order valence-electron chi connectivity index (χ2n) is 8.59. The molecule has 1 spiro atoms. The maximum Gasteiger partial charge on any atom is 0.324 e. The molecule has 1 aromatic heterocycles. The van der Waals surface area contributed by atoms with Crippen LogP contribution in [0.4, 0.5) is 6.01 Å². The number of nitrogens with zero attached hydrogens (tertiary/aromatic N) is 3. The molecule has 144 valence electrons. The molecule has 0 amide bonds. The molecular formula is C17H26N4O4S. The first-order valence-corrected chi connectivity index (χ1v) is 11.2. The summed E-state index contributed by atoms with van der Waals surface area (Å²) in [6.45, 7) is 6.09. The van der Waals surface area contributed by atoms with Crippen molar-refractivity contribution in [2.75, 3.05) is 24.5 Å². The minimum Gasteiger partial charge on any atom is -0.369 e. The van der Waals surface area contributed by atoms with Gasteiger partial charge in [0.2, 0.25) is 10.0 Å². The third kappa shape index (κ3) is 2.58. The van der Waals surface area contributed by atoms with Crippen LogP contribution in [-0.2, 0) is 14.8 Å². The summed E-state index contributed by atoms with van der Waals surface area (Å²) in [7, 11) is -3.15. The van der Waals surface area contributed by atoms with Crippen molar-refractivity contribution in [1.82, 2.24) is 14.9 Å². The minimum atomic E-state index is -3.15. The summed E-state index contributed by atoms with van der Waals surface area (Å²) in [6.07, 6.45) is 3.77. The topological polar surface area (TPSA) is 97.6 Å². The van der Waals surface area contributed by atoms with Gasteiger partial charge in [0.1, 0.15) is 0 Å². The molecule has 3 aliphatic heterocycles. The molecule has 2 bridgehead atoms. The molecule has 0 aromatic carbocycles. The Bertz CT molecular complexity index is 805. The molecule has 5 rings (SSSR count). The number of ether oxygens (including phenoxy) is 1. The number of fused-ring (bicyclic) bond motifs is 1. The molecular weight excluding hydrogens is 356 g/mol. The molecule has 4 aliphatic rings. The summed E-state index contributed by atoms with van der Waals surface area (Å²) in [5.74, 6) is 1.46. The highest BCUT2D eigenvalue weighted by molar-refractivity contribution is 7.90. The Kier molecular flexibility index (Phi) is 3.68. The van der Waals surface area contributed by atoms with Gasteiger partial charge in [-0.05, 0) is 25.7 Å². The lowest BCUT2D eigenvalue weighted by Gasteiger charge is -2.29. The summed E-state index contributed by atoms with van der Waals surface area (Å²) >= 11 is 0. The molecule has 8 nitrogen and oxygen atoms in total. The summed E-state index contributed by atoms with van der Waals surface area (Å²) in [5.41, 5.74) is -0.188. The van der Waals surface area contributed by atoms with E-state index in [1.807, 2.05) is 13.8 Å². The lowest BCUT2D eigenvalue weighted by atomic mass is 9.74. The molecule has 1 aromatic rings. The molecule has 4 atom stereocenters. The average molecular weight is 382 g/mol. The van der Waals surface area contributed by atoms with Crippen LogP contribution in [0.25, 0.3) is 0 Å². The van der Waals surface area contributed by atoms with E-state index in [0.717, 1.165) is 38.8 Å². The first-order valence-electron chi connectivity index (χ1n) is 9.63. The van der Waals surface area contributed by atoms with E-state index in [4.69, 9.17) is 9.26 Å². The Labute approximate surface area is 153 Å². The fourth-order valence-corrected chi connectivity index (χ4v) is 6.32. The van der Waals surface area contributed by atoms with Crippen LogP contribution in [0.1, 0.15) is 51.3 Å². The number of hydrogen-bond donors (Lipinski definition) is 1. The van der Waals surface area contributed by atoms with Crippen LogP contribution in [0, 0.1) is 11.8 Å². The van der Waals surface area contributed by atoms with Gasteiger partial charge in [0.25, 0.3) is 0 Å². The number of aromatic nitrogens is 2. The molecule has 26 heavy (non-hydrogen) atoms. The Morgan fingerprint density at radius 2 is 2.15 bits per heavy atom. The van der Waals surface area contributed by atoms with Crippen LogP contribution in [0.5, 0.6) is 0 Å². The van der Waals surface area contributed by atoms with E-state index in [-0.39, 0.29) is 28.8 Å². The van der Waals surface area contributed by atoms with Gasteiger partial charge in [-0.15, -0.1) is 0 Å². The summed E-state index contributed by atoms with van der Waals surface area (Å²) in [5, 5.41) is 3.89. The van der Waals surface area contributed by atoms with E-state index >= 15 is 0 Å². The molecule has 4 fully saturated rings. The lowest BCUT2D eigenvalue weighted by molar-refractivity contribution is 0.0139. The molecule has 9 heteroatoms. The highest BCUT2D eigenvalue weighted by atomic mass is 32.2. The zero-order valence-electron chi connectivity index (χ0n) is 15.2. The number of anilines is 1. The van der Waals surface area contributed by atoms with Gasteiger partial charge in [-0.3, -0.25) is 0 Å². The highest BCUT2D eigenvalue weighted by Gasteiger charge is 2.63. The van der Waals surface area contributed by atoms with E-state index in [1.165, 1.54) is 0 Å². The molecule has 1 saturated carbocycles. The van der Waals surface area contributed by atoms with Gasteiger partial charge in [0.05, 0.1) is 23.5 Å². The number of sulfonamides is 1. The largest absolute Gasteiger partial charge is 0.369 e. The van der Waals surface area contributed by atoms with Gasteiger partial charge in [0.15, 0.2) is 5.82 Å². The van der Waals surface area contributed by atoms with Crippen molar-refractivity contribution in [3.05, 3.63) is 5.82 Å². The third-order valence-corrected chi connectivity index (χ3v) is 8.40. The summed E-state index contributed by atoms with van der Waals surface area (Å²) < 4.78 is 39.1. The molecule has 1 N–H and O–H groups in total. The standard InChI is InChI=1S/C17H26N4O4S/c1-10(2)15-19-16(25-20-15)21-8-13-12(7-18-26(22,23)11-3-4-11)14-5-6-17(13,9-21)24-14/h10-14,18H,3-9H2,1-2H3/t12-,13+,14+,17+/m0/s1. The average Bonchev–Trinajstić information content (AvgIpc) is 2.96. The van der Waals surface area contributed by atoms with Crippen LogP contribution >= 0.6 is 0 Å². The van der Waals surface area contributed by atoms with Crippen molar-refractivity contribution in [1.29, 1.82) is 0 Å². The fourth-order valence-electron chi connectivity index (χ4n) is 4.91. The zero-order chi connectivity index (χ0) is 18.1. The molecule has 0 radical (unpaired) electrons. The van der Waals surface area contributed by atoms with E-state index in [1.54, 1.807) is 0 Å². The normalized spacial score (nSPS) is 36.3. The van der Waals surface area contributed by atoms with E-state index in [0.29, 0.717) is 24.3 Å². The van der Waals surface area contributed by atoms with E-state index in [9.17, 15) is 8.42 Å². The molecule has 1 aliphatic carbocycles. The van der Waals surface area contributed by atoms with Gasteiger partial charge >= 0.3 is 6.01 Å². The van der Waals surface area contributed by atoms with Gasteiger partial charge in [-0.2, -0.15) is 4.98 Å². The van der Waals surface area contributed by atoms with Crippen molar-refractivity contribution in [3.8, 4) is 0 Å². The molecule has 3 saturated heterocycles. The smallest absolute Gasteiger partial charge is 0.324 e. The van der Waals surface area contributed by atoms with E-state index < -0.39 is 10.0 Å². The van der Waals surface area contributed by atoms with Crippen LogP contribution < -0.4 is 9.62 Å². The monoisotopic (exact) mass is 382 g/mol. The molecule has 4 heterocycles. The Balaban J connectivity index is 1.32. The lowest BCUT2D eigenvalue weighted by Crippen LogP contribution is -2.42. The zero-order valence-corrected chi connectivity index (χ0v) is 16.0. The van der Waals surface area contributed by atoms with Gasteiger partial charge in [-0.25, -0.2) is 13.1 Å². The quantitative estimate of drug-likeness (QED) is 0.791. The number of nitrogens with one attached hydrogen (secondary N) is 1. The van der Waals surface area contributed by atoms with Crippen LogP contribution in [-0.4, -0.2) is 55.1 Å². The van der Waals surface area contributed by atoms with Gasteiger partial charge < -0.3 is 14.2 Å². The highest BCUT2D eigenvalue weighted by Crippen LogP contribution is 2.55.